The van der Waals surface area contributed by atoms with Crippen molar-refractivity contribution in [1.82, 2.24) is 5.48 Å². The number of hydroxylamine groups is 1. The molecule has 1 heterocycles. The molecule has 0 radical (unpaired) electrons. The monoisotopic (exact) mass is 532 g/mol. The van der Waals surface area contributed by atoms with Crippen molar-refractivity contribution in [2.24, 2.45) is 0 Å². The Morgan fingerprint density at radius 2 is 1.53 bits per heavy atom. The van der Waals surface area contributed by atoms with Gasteiger partial charge >= 0.3 is 0 Å². The Hall–Kier alpha value is -3.74. The van der Waals surface area contributed by atoms with Gasteiger partial charge in [-0.05, 0) is 35.9 Å². The van der Waals surface area contributed by atoms with Crippen LogP contribution in [0.25, 0.3) is 33.4 Å². The van der Waals surface area contributed by atoms with Gasteiger partial charge in [0, 0.05) is 22.6 Å². The molecule has 3 aromatic carbocycles. The molecule has 12 heteroatoms. The van der Waals surface area contributed by atoms with E-state index < -0.39 is 31.8 Å². The summed E-state index contributed by atoms with van der Waals surface area (Å²) in [6.07, 6.45) is 1.55. The van der Waals surface area contributed by atoms with Crippen LogP contribution < -0.4 is 9.19 Å². The molecule has 0 fully saturated rings. The Morgan fingerprint density at radius 1 is 0.917 bits per heavy atom. The second-order valence-electron chi connectivity index (χ2n) is 7.90. The topological polar surface area (TPSA) is 123 Å². The Balaban J connectivity index is 2.14. The van der Waals surface area contributed by atoms with E-state index in [4.69, 9.17) is 9.25 Å². The van der Waals surface area contributed by atoms with Crippen molar-refractivity contribution in [2.45, 2.75) is 0 Å². The molecule has 0 atom stereocenters. The van der Waals surface area contributed by atoms with Crippen LogP contribution >= 0.6 is 0 Å². The Kier molecular flexibility index (Phi) is 6.60. The lowest BCUT2D eigenvalue weighted by Gasteiger charge is -2.23. The van der Waals surface area contributed by atoms with Gasteiger partial charge in [-0.25, -0.2) is 26.7 Å². The number of carbonyl (C=O) groups excluding carboxylic acids is 1. The molecule has 36 heavy (non-hydrogen) atoms. The number of amides is 1. The number of sulfonamides is 2. The van der Waals surface area contributed by atoms with Crippen molar-refractivity contribution < 1.29 is 35.3 Å². The van der Waals surface area contributed by atoms with Crippen LogP contribution in [0.5, 0.6) is 0 Å². The fraction of sp³-hybridized carbons (Fsp3) is 0.125. The first-order valence-electron chi connectivity index (χ1n) is 10.4. The third-order valence-electron chi connectivity index (χ3n) is 5.22. The summed E-state index contributed by atoms with van der Waals surface area (Å²) < 4.78 is 70.3. The molecule has 0 spiro atoms. The zero-order valence-corrected chi connectivity index (χ0v) is 21.0. The number of halogens is 1. The maximum Gasteiger partial charge on any atom is 0.279 e. The molecule has 9 nitrogen and oxygen atoms in total. The molecule has 1 aromatic heterocycles. The summed E-state index contributed by atoms with van der Waals surface area (Å²) in [6.45, 7) is 0. The van der Waals surface area contributed by atoms with Crippen molar-refractivity contribution in [2.75, 3.05) is 23.3 Å². The second-order valence-corrected chi connectivity index (χ2v) is 11.8. The molecule has 0 aliphatic carbocycles. The van der Waals surface area contributed by atoms with Gasteiger partial charge in [0.1, 0.15) is 17.2 Å². The highest BCUT2D eigenvalue weighted by molar-refractivity contribution is 8.09. The maximum absolute atomic E-state index is 13.5. The van der Waals surface area contributed by atoms with Crippen LogP contribution in [0.2, 0.25) is 0 Å². The summed E-state index contributed by atoms with van der Waals surface area (Å²) in [6, 6.07) is 16.4. The smallest absolute Gasteiger partial charge is 0.279 e. The lowest BCUT2D eigenvalue weighted by molar-refractivity contribution is 0.0539. The molecule has 0 unspecified atom stereocenters. The van der Waals surface area contributed by atoms with Gasteiger partial charge in [-0.3, -0.25) is 9.63 Å². The van der Waals surface area contributed by atoms with E-state index in [-0.39, 0.29) is 33.5 Å². The van der Waals surface area contributed by atoms with E-state index in [9.17, 15) is 26.0 Å². The summed E-state index contributed by atoms with van der Waals surface area (Å²) in [7, 11) is -7.34. The van der Waals surface area contributed by atoms with Crippen molar-refractivity contribution in [3.8, 4) is 22.5 Å². The Bertz CT molecular complexity index is 1630. The Labute approximate surface area is 207 Å². The summed E-state index contributed by atoms with van der Waals surface area (Å²) in [5, 5.41) is 0.258. The molecule has 0 bridgehead atoms. The van der Waals surface area contributed by atoms with Gasteiger partial charge in [-0.2, -0.15) is 3.71 Å². The van der Waals surface area contributed by atoms with E-state index in [0.29, 0.717) is 14.8 Å². The number of fused-ring (bicyclic) bond motifs is 1. The summed E-state index contributed by atoms with van der Waals surface area (Å²) >= 11 is 0. The van der Waals surface area contributed by atoms with Crippen molar-refractivity contribution in [3.05, 3.63) is 78.1 Å². The Morgan fingerprint density at radius 3 is 2.08 bits per heavy atom. The molecule has 0 aliphatic heterocycles. The van der Waals surface area contributed by atoms with Crippen molar-refractivity contribution >= 4 is 42.6 Å². The lowest BCUT2D eigenvalue weighted by atomic mass is 9.99. The van der Waals surface area contributed by atoms with E-state index in [1.54, 1.807) is 30.3 Å². The third-order valence-corrected chi connectivity index (χ3v) is 8.44. The highest BCUT2D eigenvalue weighted by Gasteiger charge is 2.32. The molecule has 4 aromatic rings. The fourth-order valence-electron chi connectivity index (χ4n) is 3.91. The molecule has 1 N–H and O–H groups in total. The zero-order chi connectivity index (χ0) is 26.3. The molecule has 188 valence electrons. The van der Waals surface area contributed by atoms with Crippen LogP contribution in [-0.4, -0.2) is 42.4 Å². The molecule has 0 saturated heterocycles. The number of nitrogens with one attached hydrogen (secondary N) is 1. The number of carbonyl (C=O) groups is 1. The standard InChI is InChI=1S/C24H21FN2O7S2/c1-33-26-24(28)22-19-13-18(15-7-5-4-6-8-15)20(27(35(2,29)30)36(3,31)32)14-21(19)34-23(22)16-9-11-17(25)12-10-16/h4-14H,1-3H3,(H,26,28). The van der Waals surface area contributed by atoms with Gasteiger partial charge < -0.3 is 4.42 Å². The average molecular weight is 533 g/mol. The summed E-state index contributed by atoms with van der Waals surface area (Å²) in [4.78, 5) is 17.8. The number of anilines is 1. The van der Waals surface area contributed by atoms with E-state index in [2.05, 4.69) is 5.48 Å². The van der Waals surface area contributed by atoms with Crippen molar-refractivity contribution in [1.29, 1.82) is 0 Å². The van der Waals surface area contributed by atoms with Crippen molar-refractivity contribution in [3.63, 3.8) is 0 Å². The molecule has 0 saturated carbocycles. The average Bonchev–Trinajstić information content (AvgIpc) is 3.16. The van der Waals surface area contributed by atoms with Crippen LogP contribution in [0.3, 0.4) is 0 Å². The minimum atomic E-state index is -4.30. The van der Waals surface area contributed by atoms with E-state index >= 15 is 0 Å². The predicted octanol–water partition coefficient (Wildman–Crippen LogP) is 3.92. The summed E-state index contributed by atoms with van der Waals surface area (Å²) in [5.41, 5.74) is 3.19. The first-order valence-corrected chi connectivity index (χ1v) is 14.1. The van der Waals surface area contributed by atoms with Crippen LogP contribution in [0.1, 0.15) is 10.4 Å². The molecule has 1 amide bonds. The van der Waals surface area contributed by atoms with Gasteiger partial charge in [-0.1, -0.05) is 30.3 Å². The quantitative estimate of drug-likeness (QED) is 0.358. The van der Waals surface area contributed by atoms with Gasteiger partial charge in [0.25, 0.3) is 5.91 Å². The first-order chi connectivity index (χ1) is 16.9. The number of rotatable bonds is 7. The number of furan rings is 1. The second kappa shape index (κ2) is 9.37. The van der Waals surface area contributed by atoms with Crippen LogP contribution in [-0.2, 0) is 24.9 Å². The third kappa shape index (κ3) is 4.83. The summed E-state index contributed by atoms with van der Waals surface area (Å²) in [5.74, 6) is -1.12. The van der Waals surface area contributed by atoms with Crippen LogP contribution in [0.15, 0.2) is 71.1 Å². The number of hydrogen-bond donors (Lipinski definition) is 1. The molecular weight excluding hydrogens is 511 g/mol. The lowest BCUT2D eigenvalue weighted by Crippen LogP contribution is -2.35. The number of benzene rings is 3. The number of hydrogen-bond acceptors (Lipinski definition) is 7. The van der Waals surface area contributed by atoms with Crippen LogP contribution in [0.4, 0.5) is 10.1 Å². The first kappa shape index (κ1) is 25.4. The normalized spacial score (nSPS) is 12.0. The highest BCUT2D eigenvalue weighted by Crippen LogP contribution is 2.42. The maximum atomic E-state index is 13.5. The van der Waals surface area contributed by atoms with Gasteiger partial charge in [-0.15, -0.1) is 0 Å². The number of nitrogens with zero attached hydrogens (tertiary/aromatic N) is 1. The molecular formula is C24H21FN2O7S2. The fourth-order valence-corrected chi connectivity index (χ4v) is 6.89. The zero-order valence-electron chi connectivity index (χ0n) is 19.4. The van der Waals surface area contributed by atoms with Gasteiger partial charge in [0.15, 0.2) is 0 Å². The highest BCUT2D eigenvalue weighted by atomic mass is 32.3. The van der Waals surface area contributed by atoms with E-state index in [1.165, 1.54) is 43.5 Å². The van der Waals surface area contributed by atoms with Crippen LogP contribution in [0, 0.1) is 5.82 Å². The minimum Gasteiger partial charge on any atom is -0.455 e. The molecule has 4 rings (SSSR count). The predicted molar refractivity (Wildman–Crippen MR) is 134 cm³/mol. The minimum absolute atomic E-state index is 0.0301. The van der Waals surface area contributed by atoms with E-state index in [0.717, 1.165) is 12.5 Å². The van der Waals surface area contributed by atoms with E-state index in [1.807, 2.05) is 0 Å². The van der Waals surface area contributed by atoms with Gasteiger partial charge in [0.2, 0.25) is 20.0 Å². The largest absolute Gasteiger partial charge is 0.455 e. The SMILES string of the molecule is CONC(=O)c1c(-c2ccc(F)cc2)oc2cc(N(S(C)(=O)=O)S(C)(=O)=O)c(-c3ccccc3)cc12. The molecule has 0 aliphatic rings. The van der Waals surface area contributed by atoms with Gasteiger partial charge in [0.05, 0.1) is 30.9 Å².